The summed E-state index contributed by atoms with van der Waals surface area (Å²) >= 11 is 0. The number of halogens is 1. The molecule has 0 bridgehead atoms. The largest absolute Gasteiger partial charge is 0.492 e. The first-order chi connectivity index (χ1) is 9.28. The van der Waals surface area contributed by atoms with Gasteiger partial charge in [0.15, 0.2) is 0 Å². The third-order valence-corrected chi connectivity index (χ3v) is 3.06. The second-order valence-electron chi connectivity index (χ2n) is 4.53. The van der Waals surface area contributed by atoms with Gasteiger partial charge in [0.1, 0.15) is 24.8 Å². The third-order valence-electron chi connectivity index (χ3n) is 3.06. The molecule has 1 N–H and O–H groups in total. The van der Waals surface area contributed by atoms with Crippen molar-refractivity contribution in [1.29, 1.82) is 0 Å². The maximum absolute atomic E-state index is 13.4. The zero-order chi connectivity index (χ0) is 13.5. The van der Waals surface area contributed by atoms with Crippen LogP contribution in [0.3, 0.4) is 0 Å². The van der Waals surface area contributed by atoms with Crippen molar-refractivity contribution in [3.63, 3.8) is 0 Å². The summed E-state index contributed by atoms with van der Waals surface area (Å²) < 4.78 is 18.9. The van der Waals surface area contributed by atoms with Crippen LogP contribution in [0.1, 0.15) is 18.4 Å². The van der Waals surface area contributed by atoms with Crippen LogP contribution in [-0.2, 0) is 0 Å². The molecule has 0 amide bonds. The molecular weight excluding hydrogens is 245 g/mol. The van der Waals surface area contributed by atoms with Gasteiger partial charge in [0.25, 0.3) is 0 Å². The molecular formula is C15H18FNO2. The maximum atomic E-state index is 13.4. The van der Waals surface area contributed by atoms with Crippen molar-refractivity contribution in [2.24, 2.45) is 0 Å². The van der Waals surface area contributed by atoms with E-state index in [1.54, 1.807) is 6.07 Å². The van der Waals surface area contributed by atoms with Gasteiger partial charge in [-0.3, -0.25) is 4.90 Å². The van der Waals surface area contributed by atoms with Gasteiger partial charge in [-0.05, 0) is 38.1 Å². The Labute approximate surface area is 113 Å². The van der Waals surface area contributed by atoms with Crippen LogP contribution >= 0.6 is 0 Å². The standard InChI is InChI=1S/C15H18FNO2/c16-14-10-13(4-3-8-18)11-15(12-14)19-9-7-17-5-1-2-6-17/h10-12,18H,1-2,5-9H2. The molecule has 1 aromatic carbocycles. The Bertz CT molecular complexity index is 473. The fourth-order valence-corrected chi connectivity index (χ4v) is 2.16. The summed E-state index contributed by atoms with van der Waals surface area (Å²) in [5.74, 6) is 5.28. The van der Waals surface area contributed by atoms with E-state index in [0.717, 1.165) is 19.6 Å². The van der Waals surface area contributed by atoms with E-state index >= 15 is 0 Å². The normalized spacial score (nSPS) is 15.1. The highest BCUT2D eigenvalue weighted by atomic mass is 19.1. The van der Waals surface area contributed by atoms with Gasteiger partial charge in [-0.25, -0.2) is 4.39 Å². The molecule has 1 aromatic rings. The van der Waals surface area contributed by atoms with Crippen molar-refractivity contribution < 1.29 is 14.2 Å². The van der Waals surface area contributed by atoms with Gasteiger partial charge in [0, 0.05) is 18.2 Å². The third kappa shape index (κ3) is 4.55. The Morgan fingerprint density at radius 3 is 2.79 bits per heavy atom. The highest BCUT2D eigenvalue weighted by molar-refractivity contribution is 5.40. The molecule has 0 aliphatic carbocycles. The van der Waals surface area contributed by atoms with Crippen molar-refractivity contribution in [3.05, 3.63) is 29.6 Å². The molecule has 0 aromatic heterocycles. The monoisotopic (exact) mass is 263 g/mol. The molecule has 0 unspecified atom stereocenters. The number of hydrogen-bond acceptors (Lipinski definition) is 3. The summed E-state index contributed by atoms with van der Waals surface area (Å²) in [4.78, 5) is 2.34. The van der Waals surface area contributed by atoms with Crippen LogP contribution in [0.15, 0.2) is 18.2 Å². The Morgan fingerprint density at radius 2 is 2.05 bits per heavy atom. The minimum absolute atomic E-state index is 0.234. The van der Waals surface area contributed by atoms with Crippen molar-refractivity contribution in [1.82, 2.24) is 4.90 Å². The number of benzene rings is 1. The van der Waals surface area contributed by atoms with Gasteiger partial charge in [-0.2, -0.15) is 0 Å². The number of likely N-dealkylation sites (tertiary alicyclic amines) is 1. The molecule has 1 fully saturated rings. The second-order valence-corrected chi connectivity index (χ2v) is 4.53. The Hall–Kier alpha value is -1.57. The minimum atomic E-state index is -0.374. The fraction of sp³-hybridized carbons (Fsp3) is 0.467. The van der Waals surface area contributed by atoms with E-state index in [-0.39, 0.29) is 12.4 Å². The Balaban J connectivity index is 1.89. The van der Waals surface area contributed by atoms with E-state index in [4.69, 9.17) is 9.84 Å². The summed E-state index contributed by atoms with van der Waals surface area (Å²) in [6.45, 7) is 3.44. The van der Waals surface area contributed by atoms with Gasteiger partial charge >= 0.3 is 0 Å². The Kier molecular flexibility index (Phi) is 5.20. The van der Waals surface area contributed by atoms with Crippen LogP contribution in [0, 0.1) is 17.7 Å². The molecule has 102 valence electrons. The molecule has 1 aliphatic heterocycles. The number of nitrogens with zero attached hydrogens (tertiary/aromatic N) is 1. The molecule has 1 heterocycles. The molecule has 2 rings (SSSR count). The summed E-state index contributed by atoms with van der Waals surface area (Å²) in [6.07, 6.45) is 2.50. The van der Waals surface area contributed by atoms with Crippen LogP contribution in [0.4, 0.5) is 4.39 Å². The number of aliphatic hydroxyl groups is 1. The number of ether oxygens (including phenoxy) is 1. The summed E-state index contributed by atoms with van der Waals surface area (Å²) in [5.41, 5.74) is 0.519. The first-order valence-electron chi connectivity index (χ1n) is 6.53. The van der Waals surface area contributed by atoms with Crippen LogP contribution in [0.5, 0.6) is 5.75 Å². The topological polar surface area (TPSA) is 32.7 Å². The number of hydrogen-bond donors (Lipinski definition) is 1. The van der Waals surface area contributed by atoms with Crippen LogP contribution in [0.2, 0.25) is 0 Å². The second kappa shape index (κ2) is 7.13. The van der Waals surface area contributed by atoms with Crippen LogP contribution in [0.25, 0.3) is 0 Å². The van der Waals surface area contributed by atoms with Gasteiger partial charge < -0.3 is 9.84 Å². The van der Waals surface area contributed by atoms with Gasteiger partial charge in [-0.15, -0.1) is 0 Å². The quantitative estimate of drug-likeness (QED) is 0.838. The van der Waals surface area contributed by atoms with E-state index < -0.39 is 0 Å². The van der Waals surface area contributed by atoms with E-state index in [1.165, 1.54) is 25.0 Å². The summed E-state index contributed by atoms with van der Waals surface area (Å²) in [5, 5.41) is 8.62. The zero-order valence-electron chi connectivity index (χ0n) is 10.9. The predicted molar refractivity (Wildman–Crippen MR) is 71.5 cm³/mol. The van der Waals surface area contributed by atoms with E-state index in [2.05, 4.69) is 16.7 Å². The lowest BCUT2D eigenvalue weighted by Crippen LogP contribution is -2.25. The molecule has 0 saturated carbocycles. The first-order valence-corrected chi connectivity index (χ1v) is 6.53. The van der Waals surface area contributed by atoms with E-state index in [1.807, 2.05) is 0 Å². The molecule has 1 saturated heterocycles. The summed E-state index contributed by atoms with van der Waals surface area (Å²) in [7, 11) is 0. The molecule has 1 aliphatic rings. The van der Waals surface area contributed by atoms with Crippen LogP contribution < -0.4 is 4.74 Å². The molecule has 3 nitrogen and oxygen atoms in total. The molecule has 0 radical (unpaired) electrons. The summed E-state index contributed by atoms with van der Waals surface area (Å²) in [6, 6.07) is 4.37. The van der Waals surface area contributed by atoms with Crippen LogP contribution in [-0.4, -0.2) is 42.9 Å². The van der Waals surface area contributed by atoms with Gasteiger partial charge in [-0.1, -0.05) is 11.8 Å². The highest BCUT2D eigenvalue weighted by Crippen LogP contribution is 2.16. The van der Waals surface area contributed by atoms with Crippen molar-refractivity contribution in [2.45, 2.75) is 12.8 Å². The number of aliphatic hydroxyl groups excluding tert-OH is 1. The van der Waals surface area contributed by atoms with E-state index in [0.29, 0.717) is 17.9 Å². The zero-order valence-corrected chi connectivity index (χ0v) is 10.9. The van der Waals surface area contributed by atoms with Gasteiger partial charge in [0.2, 0.25) is 0 Å². The van der Waals surface area contributed by atoms with Crippen molar-refractivity contribution in [2.75, 3.05) is 32.8 Å². The lowest BCUT2D eigenvalue weighted by molar-refractivity contribution is 0.237. The average molecular weight is 263 g/mol. The minimum Gasteiger partial charge on any atom is -0.492 e. The fourth-order valence-electron chi connectivity index (χ4n) is 2.16. The lowest BCUT2D eigenvalue weighted by atomic mass is 10.2. The van der Waals surface area contributed by atoms with Gasteiger partial charge in [0.05, 0.1) is 0 Å². The van der Waals surface area contributed by atoms with E-state index in [9.17, 15) is 4.39 Å². The molecule has 0 atom stereocenters. The van der Waals surface area contributed by atoms with Crippen molar-refractivity contribution in [3.8, 4) is 17.6 Å². The average Bonchev–Trinajstić information content (AvgIpc) is 2.89. The first kappa shape index (κ1) is 13.9. The van der Waals surface area contributed by atoms with Crippen molar-refractivity contribution >= 4 is 0 Å². The maximum Gasteiger partial charge on any atom is 0.128 e. The SMILES string of the molecule is OCC#Cc1cc(F)cc(OCCN2CCCC2)c1. The Morgan fingerprint density at radius 1 is 1.26 bits per heavy atom. The highest BCUT2D eigenvalue weighted by Gasteiger charge is 2.10. The number of rotatable bonds is 4. The molecule has 4 heteroatoms. The molecule has 19 heavy (non-hydrogen) atoms. The smallest absolute Gasteiger partial charge is 0.128 e. The lowest BCUT2D eigenvalue weighted by Gasteiger charge is -2.15. The predicted octanol–water partition coefficient (Wildman–Crippen LogP) is 1.64. The molecule has 0 spiro atoms.